The Morgan fingerprint density at radius 3 is 2.47 bits per heavy atom. The van der Waals surface area contributed by atoms with Crippen molar-refractivity contribution in [1.29, 1.82) is 0 Å². The fourth-order valence-corrected chi connectivity index (χ4v) is 5.75. The van der Waals surface area contributed by atoms with Crippen molar-refractivity contribution in [2.24, 2.45) is 0 Å². The number of hydrogen-bond acceptors (Lipinski definition) is 4. The fraction of sp³-hybridized carbons (Fsp3) is 0.240. The zero-order chi connectivity index (χ0) is 22.1. The summed E-state index contributed by atoms with van der Waals surface area (Å²) >= 11 is 0. The standard InChI is InChI=1S/C25H24N2O4S/c28-25(26-23-14-16-31-24-8-4-3-7-22(23)24)19-9-11-21(12-10-19)32(29,30)27-15-13-18-5-1-2-6-20(18)17-27/h1-12,23H,13-17H2,(H,26,28). The molecule has 0 saturated carbocycles. The average Bonchev–Trinajstić information content (AvgIpc) is 2.84. The topological polar surface area (TPSA) is 75.7 Å². The number of para-hydroxylation sites is 1. The van der Waals surface area contributed by atoms with Crippen molar-refractivity contribution in [3.05, 3.63) is 95.1 Å². The Morgan fingerprint density at radius 1 is 0.938 bits per heavy atom. The van der Waals surface area contributed by atoms with E-state index in [0.717, 1.165) is 16.9 Å². The molecule has 2 heterocycles. The third-order valence-corrected chi connectivity index (χ3v) is 7.97. The molecule has 1 N–H and O–H groups in total. The highest BCUT2D eigenvalue weighted by Gasteiger charge is 2.28. The van der Waals surface area contributed by atoms with Crippen LogP contribution in [-0.2, 0) is 23.0 Å². The Labute approximate surface area is 187 Å². The lowest BCUT2D eigenvalue weighted by Crippen LogP contribution is -2.36. The summed E-state index contributed by atoms with van der Waals surface area (Å²) in [4.78, 5) is 13.0. The third-order valence-electron chi connectivity index (χ3n) is 6.11. The van der Waals surface area contributed by atoms with Crippen LogP contribution in [0.4, 0.5) is 0 Å². The van der Waals surface area contributed by atoms with E-state index in [1.165, 1.54) is 22.0 Å². The average molecular weight is 449 g/mol. The maximum Gasteiger partial charge on any atom is 0.251 e. The number of ether oxygens (including phenoxy) is 1. The number of carbonyl (C=O) groups excluding carboxylic acids is 1. The van der Waals surface area contributed by atoms with E-state index in [2.05, 4.69) is 5.32 Å². The first-order valence-corrected chi connectivity index (χ1v) is 12.2. The van der Waals surface area contributed by atoms with Crippen molar-refractivity contribution in [3.63, 3.8) is 0 Å². The molecule has 0 aliphatic carbocycles. The predicted octanol–water partition coefficient (Wildman–Crippen LogP) is 3.69. The van der Waals surface area contributed by atoms with Gasteiger partial charge in [-0.25, -0.2) is 8.42 Å². The van der Waals surface area contributed by atoms with Gasteiger partial charge in [-0.3, -0.25) is 4.79 Å². The first kappa shape index (κ1) is 20.7. The smallest absolute Gasteiger partial charge is 0.251 e. The molecule has 7 heteroatoms. The lowest BCUT2D eigenvalue weighted by atomic mass is 10.00. The second-order valence-electron chi connectivity index (χ2n) is 8.08. The Hall–Kier alpha value is -3.16. The molecule has 1 atom stereocenters. The minimum Gasteiger partial charge on any atom is -0.493 e. The molecule has 0 radical (unpaired) electrons. The molecule has 3 aromatic rings. The molecule has 3 aromatic carbocycles. The molecule has 0 aromatic heterocycles. The SMILES string of the molecule is O=C(NC1CCOc2ccccc21)c1ccc(S(=O)(=O)N2CCc3ccccc3C2)cc1. The molecule has 2 aliphatic heterocycles. The van der Waals surface area contributed by atoms with Gasteiger partial charge in [0.2, 0.25) is 10.0 Å². The van der Waals surface area contributed by atoms with E-state index in [9.17, 15) is 13.2 Å². The number of carbonyl (C=O) groups is 1. The van der Waals surface area contributed by atoms with Crippen molar-refractivity contribution in [2.75, 3.05) is 13.2 Å². The van der Waals surface area contributed by atoms with E-state index in [4.69, 9.17) is 4.74 Å². The zero-order valence-corrected chi connectivity index (χ0v) is 18.3. The van der Waals surface area contributed by atoms with Crippen LogP contribution < -0.4 is 10.1 Å². The summed E-state index contributed by atoms with van der Waals surface area (Å²) in [5.41, 5.74) is 3.62. The van der Waals surface area contributed by atoms with Gasteiger partial charge >= 0.3 is 0 Å². The van der Waals surface area contributed by atoms with Crippen LogP contribution in [0.2, 0.25) is 0 Å². The molecule has 32 heavy (non-hydrogen) atoms. The van der Waals surface area contributed by atoms with Crippen LogP contribution in [-0.4, -0.2) is 31.8 Å². The molecule has 0 spiro atoms. The number of sulfonamides is 1. The third kappa shape index (κ3) is 3.89. The molecule has 0 saturated heterocycles. The summed E-state index contributed by atoms with van der Waals surface area (Å²) in [5, 5.41) is 3.05. The monoisotopic (exact) mass is 448 g/mol. The summed E-state index contributed by atoms with van der Waals surface area (Å²) in [7, 11) is -3.63. The number of amides is 1. The molecule has 1 amide bonds. The normalized spacial score (nSPS) is 18.2. The van der Waals surface area contributed by atoms with Gasteiger partial charge in [-0.15, -0.1) is 0 Å². The maximum absolute atomic E-state index is 13.1. The highest BCUT2D eigenvalue weighted by Crippen LogP contribution is 2.32. The number of fused-ring (bicyclic) bond motifs is 2. The van der Waals surface area contributed by atoms with Crippen LogP contribution in [0.15, 0.2) is 77.7 Å². The molecule has 2 aliphatic rings. The molecule has 164 valence electrons. The molecule has 0 fully saturated rings. The first-order valence-electron chi connectivity index (χ1n) is 10.7. The van der Waals surface area contributed by atoms with Gasteiger partial charge in [0.05, 0.1) is 17.5 Å². The number of benzene rings is 3. The van der Waals surface area contributed by atoms with E-state index in [-0.39, 0.29) is 16.8 Å². The Kier molecular flexibility index (Phi) is 5.45. The Morgan fingerprint density at radius 2 is 1.66 bits per heavy atom. The van der Waals surface area contributed by atoms with Crippen molar-refractivity contribution in [3.8, 4) is 5.75 Å². The molecule has 5 rings (SSSR count). The van der Waals surface area contributed by atoms with Crippen LogP contribution in [0.1, 0.15) is 39.5 Å². The van der Waals surface area contributed by atoms with Gasteiger partial charge in [0.15, 0.2) is 0 Å². The van der Waals surface area contributed by atoms with Crippen LogP contribution in [0.3, 0.4) is 0 Å². The summed E-state index contributed by atoms with van der Waals surface area (Å²) in [6.07, 6.45) is 1.38. The van der Waals surface area contributed by atoms with Gasteiger partial charge in [-0.1, -0.05) is 42.5 Å². The van der Waals surface area contributed by atoms with Gasteiger partial charge in [-0.2, -0.15) is 4.31 Å². The summed E-state index contributed by atoms with van der Waals surface area (Å²) < 4.78 is 33.4. The van der Waals surface area contributed by atoms with Gasteiger partial charge in [-0.05, 0) is 47.9 Å². The van der Waals surface area contributed by atoms with E-state index in [1.54, 1.807) is 12.1 Å². The van der Waals surface area contributed by atoms with Crippen molar-refractivity contribution in [1.82, 2.24) is 9.62 Å². The first-order chi connectivity index (χ1) is 15.5. The second-order valence-corrected chi connectivity index (χ2v) is 10.0. The van der Waals surface area contributed by atoms with Crippen LogP contribution in [0.25, 0.3) is 0 Å². The number of rotatable bonds is 4. The van der Waals surface area contributed by atoms with E-state index in [0.29, 0.717) is 38.1 Å². The highest BCUT2D eigenvalue weighted by atomic mass is 32.2. The predicted molar refractivity (Wildman–Crippen MR) is 121 cm³/mol. The minimum atomic E-state index is -3.63. The molecular weight excluding hydrogens is 424 g/mol. The van der Waals surface area contributed by atoms with Gasteiger partial charge < -0.3 is 10.1 Å². The summed E-state index contributed by atoms with van der Waals surface area (Å²) in [6, 6.07) is 21.6. The largest absolute Gasteiger partial charge is 0.493 e. The Bertz CT molecular complexity index is 1250. The maximum atomic E-state index is 13.1. The van der Waals surface area contributed by atoms with Crippen LogP contribution in [0, 0.1) is 0 Å². The minimum absolute atomic E-state index is 0.135. The van der Waals surface area contributed by atoms with Crippen LogP contribution in [0.5, 0.6) is 5.75 Å². The molecule has 6 nitrogen and oxygen atoms in total. The highest BCUT2D eigenvalue weighted by molar-refractivity contribution is 7.89. The number of hydrogen-bond donors (Lipinski definition) is 1. The van der Waals surface area contributed by atoms with Crippen molar-refractivity contribution in [2.45, 2.75) is 30.3 Å². The molecular formula is C25H24N2O4S. The quantitative estimate of drug-likeness (QED) is 0.661. The summed E-state index contributed by atoms with van der Waals surface area (Å²) in [5.74, 6) is 0.552. The van der Waals surface area contributed by atoms with E-state index < -0.39 is 10.0 Å². The van der Waals surface area contributed by atoms with Crippen LogP contribution >= 0.6 is 0 Å². The molecule has 0 bridgehead atoms. The number of nitrogens with zero attached hydrogens (tertiary/aromatic N) is 1. The zero-order valence-electron chi connectivity index (χ0n) is 17.5. The molecule has 1 unspecified atom stereocenters. The van der Waals surface area contributed by atoms with E-state index in [1.807, 2.05) is 48.5 Å². The summed E-state index contributed by atoms with van der Waals surface area (Å²) in [6.45, 7) is 1.35. The Balaban J connectivity index is 1.31. The second kappa shape index (κ2) is 8.41. The van der Waals surface area contributed by atoms with Gasteiger partial charge in [0.25, 0.3) is 5.91 Å². The lowest BCUT2D eigenvalue weighted by Gasteiger charge is -2.28. The van der Waals surface area contributed by atoms with Gasteiger partial charge in [0.1, 0.15) is 5.75 Å². The van der Waals surface area contributed by atoms with Gasteiger partial charge in [0, 0.05) is 30.6 Å². The number of nitrogens with one attached hydrogen (secondary N) is 1. The van der Waals surface area contributed by atoms with Crippen molar-refractivity contribution >= 4 is 15.9 Å². The fourth-order valence-electron chi connectivity index (χ4n) is 4.34. The van der Waals surface area contributed by atoms with Crippen molar-refractivity contribution < 1.29 is 17.9 Å². The van der Waals surface area contributed by atoms with E-state index >= 15 is 0 Å². The lowest BCUT2D eigenvalue weighted by molar-refractivity contribution is 0.0924.